The molecule has 4 aromatic carbocycles. The van der Waals surface area contributed by atoms with E-state index < -0.39 is 0 Å². The highest BCUT2D eigenvalue weighted by Gasteiger charge is 2.25. The molecule has 31 heavy (non-hydrogen) atoms. The Morgan fingerprint density at radius 3 is 1.61 bits per heavy atom. The molecule has 0 amide bonds. The average molecular weight is 398 g/mol. The minimum Gasteiger partial charge on any atom is -0.207 e. The van der Waals surface area contributed by atoms with Crippen LogP contribution in [0.1, 0.15) is 38.9 Å². The van der Waals surface area contributed by atoms with Crippen LogP contribution in [0.5, 0.6) is 0 Å². The Labute approximate surface area is 181 Å². The van der Waals surface area contributed by atoms with Crippen LogP contribution in [0.4, 0.5) is 4.39 Å². The van der Waals surface area contributed by atoms with Gasteiger partial charge in [-0.05, 0) is 73.9 Å². The van der Waals surface area contributed by atoms with Crippen molar-refractivity contribution >= 4 is 28.9 Å². The maximum absolute atomic E-state index is 13.6. The van der Waals surface area contributed by atoms with Crippen molar-refractivity contribution in [1.29, 1.82) is 0 Å². The number of allylic oxidation sites excluding steroid dienone is 2. The lowest BCUT2D eigenvalue weighted by Crippen LogP contribution is -1.95. The molecule has 0 aliphatic heterocycles. The van der Waals surface area contributed by atoms with Crippen molar-refractivity contribution in [3.63, 3.8) is 0 Å². The standard InChI is InChI=1S/C30H19F/c31-23-17-15-22(16-18-23)28-19-29(27-12-6-5-11-26(27)28)30-24-9-3-1-7-20(24)13-14-21-8-2-4-10-25(21)30/h1-19H. The summed E-state index contributed by atoms with van der Waals surface area (Å²) in [5.74, 6) is -0.216. The van der Waals surface area contributed by atoms with Crippen LogP contribution >= 0.6 is 0 Å². The van der Waals surface area contributed by atoms with E-state index in [1.165, 1.54) is 56.7 Å². The topological polar surface area (TPSA) is 0 Å². The second-order valence-corrected chi connectivity index (χ2v) is 7.91. The summed E-state index contributed by atoms with van der Waals surface area (Å²) in [6.45, 7) is 0. The van der Waals surface area contributed by atoms with E-state index in [2.05, 4.69) is 91.0 Å². The fourth-order valence-electron chi connectivity index (χ4n) is 4.68. The lowest BCUT2D eigenvalue weighted by molar-refractivity contribution is 0.627. The summed E-state index contributed by atoms with van der Waals surface area (Å²) in [5, 5.41) is 0. The largest absolute Gasteiger partial charge is 0.207 e. The van der Waals surface area contributed by atoms with E-state index in [1.54, 1.807) is 0 Å². The van der Waals surface area contributed by atoms with Gasteiger partial charge in [-0.3, -0.25) is 0 Å². The molecule has 0 spiro atoms. The van der Waals surface area contributed by atoms with Gasteiger partial charge >= 0.3 is 0 Å². The van der Waals surface area contributed by atoms with Gasteiger partial charge in [0.2, 0.25) is 0 Å². The lowest BCUT2D eigenvalue weighted by Gasteiger charge is -2.15. The molecule has 0 fully saturated rings. The molecule has 0 nitrogen and oxygen atoms in total. The van der Waals surface area contributed by atoms with Crippen LogP contribution < -0.4 is 0 Å². The molecule has 6 rings (SSSR count). The Kier molecular flexibility index (Phi) is 4.07. The van der Waals surface area contributed by atoms with Gasteiger partial charge in [-0.15, -0.1) is 0 Å². The van der Waals surface area contributed by atoms with Crippen LogP contribution in [0.15, 0.2) is 103 Å². The van der Waals surface area contributed by atoms with Gasteiger partial charge in [-0.1, -0.05) is 97.1 Å². The predicted octanol–water partition coefficient (Wildman–Crippen LogP) is 7.71. The zero-order valence-electron chi connectivity index (χ0n) is 16.8. The molecule has 0 aromatic heterocycles. The van der Waals surface area contributed by atoms with Gasteiger partial charge in [-0.2, -0.15) is 0 Å². The van der Waals surface area contributed by atoms with Crippen molar-refractivity contribution < 1.29 is 4.39 Å². The lowest BCUT2D eigenvalue weighted by atomic mass is 9.87. The van der Waals surface area contributed by atoms with Crippen LogP contribution in [0.2, 0.25) is 0 Å². The van der Waals surface area contributed by atoms with E-state index in [-0.39, 0.29) is 5.82 Å². The maximum atomic E-state index is 13.6. The second kappa shape index (κ2) is 7.07. The van der Waals surface area contributed by atoms with Crippen LogP contribution in [-0.2, 0) is 0 Å². The average Bonchev–Trinajstić information content (AvgIpc) is 3.10. The number of fused-ring (bicyclic) bond motifs is 3. The SMILES string of the molecule is Fc1ccc(C2=CC(=C3c4ccccc4C=Cc4ccccc43)c3ccccc32)cc1. The number of hydrogen-bond donors (Lipinski definition) is 0. The molecule has 0 radical (unpaired) electrons. The molecule has 0 saturated heterocycles. The third-order valence-corrected chi connectivity index (χ3v) is 6.12. The molecular formula is C30H19F. The molecule has 0 unspecified atom stereocenters. The third kappa shape index (κ3) is 2.90. The molecule has 0 bridgehead atoms. The number of rotatable bonds is 1. The van der Waals surface area contributed by atoms with E-state index in [4.69, 9.17) is 0 Å². The molecule has 4 aromatic rings. The first-order valence-corrected chi connectivity index (χ1v) is 10.5. The van der Waals surface area contributed by atoms with Crippen LogP contribution in [-0.4, -0.2) is 0 Å². The van der Waals surface area contributed by atoms with E-state index in [0.29, 0.717) is 0 Å². The molecule has 0 atom stereocenters. The minimum atomic E-state index is -0.216. The molecule has 2 aliphatic carbocycles. The van der Waals surface area contributed by atoms with Gasteiger partial charge in [0.15, 0.2) is 0 Å². The predicted molar refractivity (Wildman–Crippen MR) is 128 cm³/mol. The Balaban J connectivity index is 1.71. The highest BCUT2D eigenvalue weighted by Crippen LogP contribution is 2.46. The first-order valence-electron chi connectivity index (χ1n) is 10.5. The zero-order chi connectivity index (χ0) is 20.8. The van der Waals surface area contributed by atoms with Gasteiger partial charge < -0.3 is 0 Å². The Morgan fingerprint density at radius 2 is 1.00 bits per heavy atom. The van der Waals surface area contributed by atoms with Crippen molar-refractivity contribution in [1.82, 2.24) is 0 Å². The van der Waals surface area contributed by atoms with Crippen molar-refractivity contribution in [3.8, 4) is 0 Å². The Hall–Kier alpha value is -3.97. The number of benzene rings is 4. The second-order valence-electron chi connectivity index (χ2n) is 7.91. The first-order chi connectivity index (χ1) is 15.3. The van der Waals surface area contributed by atoms with Crippen molar-refractivity contribution in [2.24, 2.45) is 0 Å². The third-order valence-electron chi connectivity index (χ3n) is 6.12. The van der Waals surface area contributed by atoms with Gasteiger partial charge in [0.1, 0.15) is 5.82 Å². The number of hydrogen-bond acceptors (Lipinski definition) is 0. The summed E-state index contributed by atoms with van der Waals surface area (Å²) in [4.78, 5) is 0. The molecular weight excluding hydrogens is 379 g/mol. The fourth-order valence-corrected chi connectivity index (χ4v) is 4.68. The fraction of sp³-hybridized carbons (Fsp3) is 0. The summed E-state index contributed by atoms with van der Waals surface area (Å²) in [6.07, 6.45) is 6.67. The summed E-state index contributed by atoms with van der Waals surface area (Å²) < 4.78 is 13.6. The van der Waals surface area contributed by atoms with Crippen LogP contribution in [0, 0.1) is 5.82 Å². The van der Waals surface area contributed by atoms with Crippen LogP contribution in [0.3, 0.4) is 0 Å². The highest BCUT2D eigenvalue weighted by molar-refractivity contribution is 6.14. The quantitative estimate of drug-likeness (QED) is 0.271. The molecule has 0 N–H and O–H groups in total. The highest BCUT2D eigenvalue weighted by atomic mass is 19.1. The summed E-state index contributed by atoms with van der Waals surface area (Å²) in [6, 6.07) is 32.4. The Morgan fingerprint density at radius 1 is 0.484 bits per heavy atom. The van der Waals surface area contributed by atoms with Crippen molar-refractivity contribution in [2.75, 3.05) is 0 Å². The molecule has 2 aliphatic rings. The van der Waals surface area contributed by atoms with Crippen LogP contribution in [0.25, 0.3) is 28.9 Å². The van der Waals surface area contributed by atoms with Gasteiger partial charge in [-0.25, -0.2) is 4.39 Å². The summed E-state index contributed by atoms with van der Waals surface area (Å²) in [5.41, 5.74) is 11.9. The molecule has 0 heterocycles. The van der Waals surface area contributed by atoms with Crippen molar-refractivity contribution in [2.45, 2.75) is 0 Å². The zero-order valence-corrected chi connectivity index (χ0v) is 16.8. The van der Waals surface area contributed by atoms with E-state index in [1.807, 2.05) is 12.1 Å². The minimum absolute atomic E-state index is 0.216. The smallest absolute Gasteiger partial charge is 0.123 e. The van der Waals surface area contributed by atoms with Gasteiger partial charge in [0.05, 0.1) is 0 Å². The maximum Gasteiger partial charge on any atom is 0.123 e. The van der Waals surface area contributed by atoms with E-state index in [0.717, 1.165) is 11.1 Å². The van der Waals surface area contributed by atoms with Crippen molar-refractivity contribution in [3.05, 3.63) is 148 Å². The molecule has 146 valence electrons. The number of halogens is 1. The first kappa shape index (κ1) is 17.9. The van der Waals surface area contributed by atoms with E-state index in [9.17, 15) is 4.39 Å². The normalized spacial score (nSPS) is 13.9. The van der Waals surface area contributed by atoms with E-state index >= 15 is 0 Å². The summed E-state index contributed by atoms with van der Waals surface area (Å²) >= 11 is 0. The molecule has 0 saturated carbocycles. The Bertz CT molecular complexity index is 1360. The van der Waals surface area contributed by atoms with Gasteiger partial charge in [0.25, 0.3) is 0 Å². The van der Waals surface area contributed by atoms with Gasteiger partial charge in [0, 0.05) is 0 Å². The molecule has 1 heteroatoms. The summed E-state index contributed by atoms with van der Waals surface area (Å²) in [7, 11) is 0. The monoisotopic (exact) mass is 398 g/mol.